The van der Waals surface area contributed by atoms with Crippen LogP contribution in [0.15, 0.2) is 24.3 Å². The number of fused-ring (bicyclic) bond motifs is 1. The van der Waals surface area contributed by atoms with Crippen LogP contribution in [-0.4, -0.2) is 221 Å². The molecule has 0 bridgehead atoms. The summed E-state index contributed by atoms with van der Waals surface area (Å²) in [6.45, 7) is 19.4. The van der Waals surface area contributed by atoms with Crippen LogP contribution in [0.1, 0.15) is 127 Å². The van der Waals surface area contributed by atoms with E-state index in [1.807, 2.05) is 0 Å². The van der Waals surface area contributed by atoms with Crippen LogP contribution in [0.3, 0.4) is 0 Å². The van der Waals surface area contributed by atoms with Gasteiger partial charge in [0.25, 0.3) is 0 Å². The minimum Gasteiger partial charge on any atom is -0.497 e. The number of likely N-dealkylation sites (N-methyl/N-ethyl adjacent to an activating group) is 5. The zero-order valence-electron chi connectivity index (χ0n) is 53.3. The molecule has 2 heterocycles. The smallest absolute Gasteiger partial charge is 0.305 e. The van der Waals surface area contributed by atoms with Gasteiger partial charge in [-0.3, -0.25) is 57.5 Å². The molecule has 476 valence electrons. The second kappa shape index (κ2) is 32.2. The number of ether oxygens (including phenoxy) is 1. The number of carbonyl (C=O) groups is 12. The van der Waals surface area contributed by atoms with E-state index in [1.165, 1.54) is 70.9 Å². The second-order valence-corrected chi connectivity index (χ2v) is 24.0. The molecule has 25 nitrogen and oxygen atoms in total. The molecule has 0 aromatic heterocycles. The van der Waals surface area contributed by atoms with Crippen LogP contribution < -0.4 is 31.3 Å². The fourth-order valence-electron chi connectivity index (χ4n) is 11.2. The third-order valence-electron chi connectivity index (χ3n) is 16.7. The Morgan fingerprint density at radius 1 is 0.565 bits per heavy atom. The first-order valence-electron chi connectivity index (χ1n) is 29.7. The highest BCUT2D eigenvalue weighted by Gasteiger charge is 2.46. The molecule has 2 fully saturated rings. The maximum Gasteiger partial charge on any atom is 0.305 e. The second-order valence-electron chi connectivity index (χ2n) is 24.0. The molecule has 85 heavy (non-hydrogen) atoms. The third kappa shape index (κ3) is 18.3. The number of carboxylic acids is 1. The first-order valence-corrected chi connectivity index (χ1v) is 29.7. The highest BCUT2D eigenvalue weighted by molar-refractivity contribution is 6.00. The zero-order valence-corrected chi connectivity index (χ0v) is 53.3. The number of amides is 11. The zero-order chi connectivity index (χ0) is 64.6. The van der Waals surface area contributed by atoms with Crippen molar-refractivity contribution in [1.82, 2.24) is 56.0 Å². The molecule has 1 aromatic rings. The van der Waals surface area contributed by atoms with Gasteiger partial charge in [0.2, 0.25) is 65.0 Å². The Morgan fingerprint density at radius 3 is 1.61 bits per heavy atom. The van der Waals surface area contributed by atoms with Crippen molar-refractivity contribution in [3.8, 4) is 5.75 Å². The number of nitrogens with zero attached hydrogens (tertiary/aromatic N) is 6. The van der Waals surface area contributed by atoms with Gasteiger partial charge in [-0.1, -0.05) is 94.2 Å². The summed E-state index contributed by atoms with van der Waals surface area (Å²) in [5, 5.41) is 23.7. The molecule has 12 atom stereocenters. The summed E-state index contributed by atoms with van der Waals surface area (Å²) in [6.07, 6.45) is 1.02. The molecule has 2 saturated heterocycles. The van der Waals surface area contributed by atoms with Gasteiger partial charge in [0, 0.05) is 48.2 Å². The van der Waals surface area contributed by atoms with Gasteiger partial charge >= 0.3 is 5.97 Å². The van der Waals surface area contributed by atoms with Crippen molar-refractivity contribution in [2.75, 3.05) is 55.4 Å². The minimum absolute atomic E-state index is 0.0804. The number of rotatable bonds is 12. The van der Waals surface area contributed by atoms with E-state index in [2.05, 4.69) is 26.6 Å². The molecule has 2 aliphatic heterocycles. The summed E-state index contributed by atoms with van der Waals surface area (Å²) >= 11 is 0. The summed E-state index contributed by atoms with van der Waals surface area (Å²) in [7, 11) is 8.21. The number of aliphatic carboxylic acids is 1. The SMILES string of the molecule is CCC(C)[C@H]1C(=O)NCC(=O)N(C)[C@@H](C(C)C)C(=O)N[C@@H](Cc2ccc(OC)cc2)C(=O)N[C@@H](C)C(=O)N[C@H](C)C(=O)N2CCCCC2C(=O)N(C)[C@@H](C(C)C)C(=O)N[C@@H](C(C)C)C(=O)N(C)[C@@H](CC(=O)O)C(=O)N(C)[C@@H](C(C)CC)C(=O)N1C. The van der Waals surface area contributed by atoms with Crippen LogP contribution in [0.2, 0.25) is 0 Å². The van der Waals surface area contributed by atoms with Crippen molar-refractivity contribution in [3.63, 3.8) is 0 Å². The highest BCUT2D eigenvalue weighted by Crippen LogP contribution is 2.26. The van der Waals surface area contributed by atoms with Gasteiger partial charge in [-0.05, 0) is 80.4 Å². The number of hydrogen-bond acceptors (Lipinski definition) is 13. The van der Waals surface area contributed by atoms with E-state index < -0.39 is 174 Å². The number of methoxy groups -OCH3 is 1. The Morgan fingerprint density at radius 2 is 1.08 bits per heavy atom. The van der Waals surface area contributed by atoms with E-state index in [-0.39, 0.29) is 19.4 Å². The lowest BCUT2D eigenvalue weighted by atomic mass is 9.92. The van der Waals surface area contributed by atoms with Crippen LogP contribution in [0, 0.1) is 29.6 Å². The van der Waals surface area contributed by atoms with E-state index in [0.717, 1.165) is 14.7 Å². The monoisotopic (exact) mass is 1200 g/mol. The lowest BCUT2D eigenvalue weighted by Crippen LogP contribution is -2.63. The predicted octanol–water partition coefficient (Wildman–Crippen LogP) is 1.40. The van der Waals surface area contributed by atoms with Gasteiger partial charge in [0.15, 0.2) is 0 Å². The van der Waals surface area contributed by atoms with E-state index >= 15 is 0 Å². The van der Waals surface area contributed by atoms with Crippen molar-refractivity contribution in [2.45, 2.75) is 188 Å². The lowest BCUT2D eigenvalue weighted by Gasteiger charge is -2.41. The predicted molar refractivity (Wildman–Crippen MR) is 317 cm³/mol. The Hall–Kier alpha value is -7.34. The number of benzene rings is 1. The van der Waals surface area contributed by atoms with Crippen LogP contribution in [0.25, 0.3) is 0 Å². The Kier molecular flexibility index (Phi) is 27.3. The number of piperidine rings is 1. The molecule has 3 unspecified atom stereocenters. The number of nitrogens with one attached hydrogen (secondary N) is 5. The Balaban J connectivity index is 2.25. The average molecular weight is 1200 g/mol. The Labute approximate surface area is 501 Å². The van der Waals surface area contributed by atoms with E-state index in [9.17, 15) is 62.6 Å². The van der Waals surface area contributed by atoms with Crippen LogP contribution >= 0.6 is 0 Å². The molecule has 6 N–H and O–H groups in total. The van der Waals surface area contributed by atoms with Crippen molar-refractivity contribution in [2.24, 2.45) is 29.6 Å². The molecule has 0 spiro atoms. The fourth-order valence-corrected chi connectivity index (χ4v) is 11.2. The highest BCUT2D eigenvalue weighted by atomic mass is 16.5. The topological polar surface area (TPSA) is 314 Å². The quantitative estimate of drug-likeness (QED) is 0.173. The molecule has 25 heteroatoms. The van der Waals surface area contributed by atoms with Crippen molar-refractivity contribution in [3.05, 3.63) is 29.8 Å². The van der Waals surface area contributed by atoms with Crippen LogP contribution in [-0.2, 0) is 64.0 Å². The average Bonchev–Trinajstić information content (AvgIpc) is 3.65. The van der Waals surface area contributed by atoms with Crippen molar-refractivity contribution >= 4 is 70.9 Å². The van der Waals surface area contributed by atoms with Crippen molar-refractivity contribution in [1.29, 1.82) is 0 Å². The molecule has 1 aromatic carbocycles. The summed E-state index contributed by atoms with van der Waals surface area (Å²) in [5.74, 6) is -11.9. The standard InChI is InChI=1S/C60H97N11O14/c1-19-35(9)49-53(77)61-31-44(72)67(14)47(33(5)6)54(78)64-41(29-39-24-26-40(85-18)27-25-39)52(76)62-37(11)51(75)63-38(12)56(80)71-28-22-21-23-42(71)57(81)68(15)48(34(7)8)55(79)65-46(32(3)4)59(83)66(13)43(30-45(73)74)58(82)70(17)50(36(10)20-2)60(84)69(49)16/h24-27,32-38,41-43,46-50H,19-23,28-31H2,1-18H3,(H,61,77)(H,62,76)(H,63,75)(H,64,78)(H,65,79)(H,73,74)/t35?,36?,37-,38+,41-,42?,43-,46-,47-,48-,49-,50-/m0/s1. The number of carboxylic acid groups (broad SMARTS) is 1. The molecule has 0 saturated carbocycles. The summed E-state index contributed by atoms with van der Waals surface area (Å²) < 4.78 is 5.31. The minimum atomic E-state index is -1.71. The van der Waals surface area contributed by atoms with Gasteiger partial charge in [0.1, 0.15) is 66.2 Å². The number of carbonyl (C=O) groups excluding carboxylic acids is 11. The molecule has 0 radical (unpaired) electrons. The maximum atomic E-state index is 15.0. The summed E-state index contributed by atoms with van der Waals surface area (Å²) in [5.41, 5.74) is 0.596. The molecule has 11 amide bonds. The van der Waals surface area contributed by atoms with Gasteiger partial charge in [0.05, 0.1) is 20.1 Å². The van der Waals surface area contributed by atoms with Gasteiger partial charge < -0.3 is 65.8 Å². The normalized spacial score (nSPS) is 27.1. The fraction of sp³-hybridized carbons (Fsp3) is 0.700. The summed E-state index contributed by atoms with van der Waals surface area (Å²) in [6, 6.07) is -6.21. The van der Waals surface area contributed by atoms with E-state index in [1.54, 1.807) is 93.5 Å². The maximum absolute atomic E-state index is 15.0. The molecular formula is C60H97N11O14. The van der Waals surface area contributed by atoms with Crippen molar-refractivity contribution < 1.29 is 67.4 Å². The van der Waals surface area contributed by atoms with E-state index in [4.69, 9.17) is 4.74 Å². The summed E-state index contributed by atoms with van der Waals surface area (Å²) in [4.78, 5) is 179. The van der Waals surface area contributed by atoms with Gasteiger partial charge in [-0.2, -0.15) is 0 Å². The molecular weight excluding hydrogens is 1100 g/mol. The molecule has 2 aliphatic rings. The first-order chi connectivity index (χ1) is 39.7. The van der Waals surface area contributed by atoms with E-state index in [0.29, 0.717) is 37.0 Å². The number of hydrogen-bond donors (Lipinski definition) is 6. The van der Waals surface area contributed by atoms with Gasteiger partial charge in [-0.25, -0.2) is 0 Å². The lowest BCUT2D eigenvalue weighted by molar-refractivity contribution is -0.157. The Bertz CT molecular complexity index is 2560. The van der Waals surface area contributed by atoms with Gasteiger partial charge in [-0.15, -0.1) is 0 Å². The van der Waals surface area contributed by atoms with Crippen LogP contribution in [0.5, 0.6) is 5.75 Å². The van der Waals surface area contributed by atoms with Crippen LogP contribution in [0.4, 0.5) is 0 Å². The first kappa shape index (κ1) is 71.9. The molecule has 0 aliphatic carbocycles. The third-order valence-corrected chi connectivity index (χ3v) is 16.7. The molecule has 3 rings (SSSR count). The largest absolute Gasteiger partial charge is 0.497 e.